The van der Waals surface area contributed by atoms with Gasteiger partial charge in [0.15, 0.2) is 0 Å². The number of rotatable bonds is 45. The standard InChI is InChI=1S/C56H97N2O7P/c1-7-10-13-16-19-22-25-27-28-29-31-33-36-39-42-45-48-55(59)57-53(52-64-66(61,62)63-51-50-58(4,5)6)54(47-44-41-38-35-32-24-21-18-15-12-9-3)65-56(60)49-46-43-40-37-34-30-26-23-20-17-14-11-8-2/h10-11,13-14,17,19-20,22-23,26-28,31,33,44,47,53-54H,7-9,12,15-16,18,21,24-25,29-30,32,34-43,45-46,48-52H2,1-6H3,(H-,57,59,61,62)/p+1/b13-10+,14-11+,20-17+,22-19+,26-23-,28-27+,33-31+,47-44+. The molecule has 1 amide bonds. The van der Waals surface area contributed by atoms with Crippen LogP contribution in [0.1, 0.15) is 194 Å². The van der Waals surface area contributed by atoms with Crippen LogP contribution in [0.5, 0.6) is 0 Å². The average molecular weight is 942 g/mol. The number of hydrogen-bond donors (Lipinski definition) is 2. The number of phosphoric ester groups is 1. The third-order valence-electron chi connectivity index (χ3n) is 10.8. The number of unbranched alkanes of at least 4 members (excludes halogenated alkanes) is 17. The molecule has 0 aliphatic heterocycles. The van der Waals surface area contributed by atoms with Crippen molar-refractivity contribution in [3.8, 4) is 0 Å². The van der Waals surface area contributed by atoms with E-state index in [1.54, 1.807) is 0 Å². The van der Waals surface area contributed by atoms with E-state index in [1.807, 2.05) is 39.4 Å². The van der Waals surface area contributed by atoms with Crippen LogP contribution in [0.2, 0.25) is 0 Å². The van der Waals surface area contributed by atoms with Gasteiger partial charge in [-0.2, -0.15) is 0 Å². The maximum atomic E-state index is 13.4. The van der Waals surface area contributed by atoms with Gasteiger partial charge in [0.1, 0.15) is 19.3 Å². The minimum atomic E-state index is -4.46. The lowest BCUT2D eigenvalue weighted by atomic mass is 10.1. The smallest absolute Gasteiger partial charge is 0.456 e. The normalized spacial score (nSPS) is 14.7. The van der Waals surface area contributed by atoms with Crippen molar-refractivity contribution in [1.29, 1.82) is 0 Å². The van der Waals surface area contributed by atoms with Crippen LogP contribution >= 0.6 is 7.82 Å². The van der Waals surface area contributed by atoms with Gasteiger partial charge in [0, 0.05) is 12.8 Å². The minimum absolute atomic E-state index is 0.0251. The van der Waals surface area contributed by atoms with Crippen LogP contribution in [-0.4, -0.2) is 74.3 Å². The molecule has 0 saturated heterocycles. The number of nitrogens with one attached hydrogen (secondary N) is 1. The van der Waals surface area contributed by atoms with Crippen molar-refractivity contribution in [3.05, 3.63) is 97.2 Å². The van der Waals surface area contributed by atoms with Crippen LogP contribution < -0.4 is 5.32 Å². The molecule has 0 bridgehead atoms. The zero-order valence-electron chi connectivity index (χ0n) is 42.9. The predicted molar refractivity (Wildman–Crippen MR) is 281 cm³/mol. The highest BCUT2D eigenvalue weighted by Gasteiger charge is 2.30. The van der Waals surface area contributed by atoms with Crippen molar-refractivity contribution in [2.24, 2.45) is 0 Å². The van der Waals surface area contributed by atoms with E-state index in [9.17, 15) is 19.0 Å². The number of likely N-dealkylation sites (N-methyl/N-ethyl adjacent to an activating group) is 1. The van der Waals surface area contributed by atoms with E-state index in [0.717, 1.165) is 103 Å². The number of esters is 1. The monoisotopic (exact) mass is 942 g/mol. The lowest BCUT2D eigenvalue weighted by molar-refractivity contribution is -0.870. The summed E-state index contributed by atoms with van der Waals surface area (Å²) in [6.45, 7) is 6.68. The molecule has 0 aromatic heterocycles. The molecule has 0 spiro atoms. The molecule has 0 fully saturated rings. The zero-order valence-corrected chi connectivity index (χ0v) is 43.8. The molecular formula is C56H98N2O7P+. The summed E-state index contributed by atoms with van der Waals surface area (Å²) in [6, 6.07) is -0.877. The van der Waals surface area contributed by atoms with Gasteiger partial charge < -0.3 is 19.4 Å². The molecule has 3 unspecified atom stereocenters. The summed E-state index contributed by atoms with van der Waals surface area (Å²) in [5, 5.41) is 3.01. The van der Waals surface area contributed by atoms with Crippen molar-refractivity contribution in [2.75, 3.05) is 40.9 Å². The molecule has 0 aliphatic carbocycles. The molecule has 3 atom stereocenters. The SMILES string of the molecule is CC/C=C/C=C/C=C\CCCCCCCC(=O)OC(/C=C/CCCCCCCCCCC)C(COP(=O)(O)OCC[N+](C)(C)C)NC(=O)CCCCC/C=C/C/C=C/C/C=C/C/C=C/CC. The van der Waals surface area contributed by atoms with E-state index in [4.69, 9.17) is 13.8 Å². The van der Waals surface area contributed by atoms with Crippen molar-refractivity contribution in [2.45, 2.75) is 206 Å². The van der Waals surface area contributed by atoms with Gasteiger partial charge in [-0.05, 0) is 89.5 Å². The molecule has 0 aromatic rings. The Bertz CT molecular complexity index is 1460. The summed E-state index contributed by atoms with van der Waals surface area (Å²) in [4.78, 5) is 37.4. The van der Waals surface area contributed by atoms with Crippen molar-refractivity contribution >= 4 is 19.7 Å². The van der Waals surface area contributed by atoms with Crippen LogP contribution in [0.3, 0.4) is 0 Å². The fourth-order valence-corrected chi connectivity index (χ4v) is 7.55. The largest absolute Gasteiger partial charge is 0.472 e. The number of carbonyl (C=O) groups excluding carboxylic acids is 2. The maximum absolute atomic E-state index is 13.4. The zero-order chi connectivity index (χ0) is 48.7. The van der Waals surface area contributed by atoms with E-state index in [0.29, 0.717) is 23.9 Å². The van der Waals surface area contributed by atoms with E-state index in [1.165, 1.54) is 44.9 Å². The average Bonchev–Trinajstić information content (AvgIpc) is 3.27. The van der Waals surface area contributed by atoms with Gasteiger partial charge in [-0.15, -0.1) is 0 Å². The van der Waals surface area contributed by atoms with E-state index < -0.39 is 20.0 Å². The van der Waals surface area contributed by atoms with Gasteiger partial charge in [-0.1, -0.05) is 189 Å². The fourth-order valence-electron chi connectivity index (χ4n) is 6.81. The van der Waals surface area contributed by atoms with E-state index in [-0.39, 0.29) is 37.9 Å². The third kappa shape index (κ3) is 46.1. The number of quaternary nitrogens is 1. The van der Waals surface area contributed by atoms with Gasteiger partial charge in [-0.3, -0.25) is 18.6 Å². The lowest BCUT2D eigenvalue weighted by Crippen LogP contribution is -2.47. The number of ether oxygens (including phenoxy) is 1. The first-order chi connectivity index (χ1) is 31.9. The van der Waals surface area contributed by atoms with Gasteiger partial charge in [0.25, 0.3) is 0 Å². The highest BCUT2D eigenvalue weighted by Crippen LogP contribution is 2.43. The molecule has 0 heterocycles. The quantitative estimate of drug-likeness (QED) is 0.0156. The van der Waals surface area contributed by atoms with Crippen LogP contribution in [-0.2, 0) is 27.9 Å². The fraction of sp³-hybridized carbons (Fsp3) is 0.679. The second-order valence-electron chi connectivity index (χ2n) is 18.3. The van der Waals surface area contributed by atoms with Gasteiger partial charge in [0.05, 0.1) is 33.8 Å². The predicted octanol–water partition coefficient (Wildman–Crippen LogP) is 15.3. The maximum Gasteiger partial charge on any atom is 0.472 e. The van der Waals surface area contributed by atoms with Gasteiger partial charge in [-0.25, -0.2) is 4.57 Å². The minimum Gasteiger partial charge on any atom is -0.456 e. The molecule has 2 N–H and O–H groups in total. The molecular weight excluding hydrogens is 844 g/mol. The third-order valence-corrected chi connectivity index (χ3v) is 11.8. The highest BCUT2D eigenvalue weighted by molar-refractivity contribution is 7.47. The highest BCUT2D eigenvalue weighted by atomic mass is 31.2. The molecule has 0 saturated carbocycles. The number of carbonyl (C=O) groups is 2. The molecule has 0 aromatic carbocycles. The Labute approximate surface area is 405 Å². The van der Waals surface area contributed by atoms with E-state index >= 15 is 0 Å². The Balaban J connectivity index is 5.50. The summed E-state index contributed by atoms with van der Waals surface area (Å²) in [6.07, 6.45) is 59.8. The summed E-state index contributed by atoms with van der Waals surface area (Å²) in [7, 11) is 1.44. The van der Waals surface area contributed by atoms with Crippen LogP contribution in [0, 0.1) is 0 Å². The van der Waals surface area contributed by atoms with Gasteiger partial charge in [0.2, 0.25) is 5.91 Å². The number of allylic oxidation sites excluding steroid dienone is 15. The molecule has 10 heteroatoms. The van der Waals surface area contributed by atoms with E-state index in [2.05, 4.69) is 105 Å². The second-order valence-corrected chi connectivity index (χ2v) is 19.8. The first-order valence-corrected chi connectivity index (χ1v) is 27.6. The van der Waals surface area contributed by atoms with Crippen molar-refractivity contribution in [1.82, 2.24) is 5.32 Å². The molecule has 9 nitrogen and oxygen atoms in total. The number of nitrogens with zero attached hydrogens (tertiary/aromatic N) is 1. The second kappa shape index (κ2) is 45.7. The molecule has 0 radical (unpaired) electrons. The molecule has 0 rings (SSSR count). The van der Waals surface area contributed by atoms with Crippen LogP contribution in [0.15, 0.2) is 97.2 Å². The summed E-state index contributed by atoms with van der Waals surface area (Å²) < 4.78 is 30.4. The summed E-state index contributed by atoms with van der Waals surface area (Å²) in [5.74, 6) is -0.577. The Hall–Kier alpha value is -3.07. The topological polar surface area (TPSA) is 111 Å². The Kier molecular flexibility index (Phi) is 43.6. The van der Waals surface area contributed by atoms with Gasteiger partial charge >= 0.3 is 13.8 Å². The van der Waals surface area contributed by atoms with Crippen LogP contribution in [0.25, 0.3) is 0 Å². The Morgan fingerprint density at radius 3 is 1.64 bits per heavy atom. The summed E-state index contributed by atoms with van der Waals surface area (Å²) in [5.41, 5.74) is 0. The summed E-state index contributed by atoms with van der Waals surface area (Å²) >= 11 is 0. The first kappa shape index (κ1) is 62.9. The number of amides is 1. The lowest BCUT2D eigenvalue weighted by Gasteiger charge is -2.27. The number of phosphoric acid groups is 1. The van der Waals surface area contributed by atoms with Crippen LogP contribution in [0.4, 0.5) is 0 Å². The molecule has 0 aliphatic rings. The Morgan fingerprint density at radius 2 is 1.05 bits per heavy atom. The molecule has 378 valence electrons. The molecule has 66 heavy (non-hydrogen) atoms. The van der Waals surface area contributed by atoms with Crippen molar-refractivity contribution in [3.63, 3.8) is 0 Å². The van der Waals surface area contributed by atoms with Crippen molar-refractivity contribution < 1.29 is 37.3 Å². The Morgan fingerprint density at radius 1 is 0.561 bits per heavy atom. The number of hydrogen-bond acceptors (Lipinski definition) is 6. The first-order valence-electron chi connectivity index (χ1n) is 26.1.